The standard InChI is InChI=1S/C25H42O/c1-21(2)11-7-12-22(3)13-8-14-23(4)15-9-16-24(5)17-10-18-25(6)19-20-26/h11,13,15,17,20,25H,7-10,12,14,16,18-19H2,1-6H3/b22-13+,23-15+,24-17+. The van der Waals surface area contributed by atoms with E-state index in [1.54, 1.807) is 0 Å². The molecule has 0 saturated heterocycles. The summed E-state index contributed by atoms with van der Waals surface area (Å²) in [5.41, 5.74) is 5.91. The van der Waals surface area contributed by atoms with E-state index < -0.39 is 0 Å². The Morgan fingerprint density at radius 1 is 0.692 bits per heavy atom. The van der Waals surface area contributed by atoms with Gasteiger partial charge in [-0.3, -0.25) is 0 Å². The maximum Gasteiger partial charge on any atom is 0.120 e. The molecule has 0 spiro atoms. The molecule has 148 valence electrons. The Kier molecular flexibility index (Phi) is 15.0. The lowest BCUT2D eigenvalue weighted by molar-refractivity contribution is -0.108. The number of carbonyl (C=O) groups is 1. The van der Waals surface area contributed by atoms with Gasteiger partial charge in [-0.25, -0.2) is 0 Å². The molecule has 0 N–H and O–H groups in total. The molecular formula is C25H42O. The molecular weight excluding hydrogens is 316 g/mol. The molecule has 0 fully saturated rings. The van der Waals surface area contributed by atoms with Crippen molar-refractivity contribution in [2.24, 2.45) is 5.92 Å². The molecule has 0 radical (unpaired) electrons. The normalized spacial score (nSPS) is 14.3. The van der Waals surface area contributed by atoms with Crippen LogP contribution in [0.25, 0.3) is 0 Å². The number of hydrogen-bond acceptors (Lipinski definition) is 1. The second-order valence-electron chi connectivity index (χ2n) is 8.13. The van der Waals surface area contributed by atoms with E-state index in [9.17, 15) is 4.79 Å². The summed E-state index contributed by atoms with van der Waals surface area (Å²) in [5, 5.41) is 0. The maximum absolute atomic E-state index is 10.5. The molecule has 0 aromatic heterocycles. The summed E-state index contributed by atoms with van der Waals surface area (Å²) in [6.45, 7) is 13.2. The quantitative estimate of drug-likeness (QED) is 0.226. The van der Waals surface area contributed by atoms with Crippen LogP contribution in [0.3, 0.4) is 0 Å². The third-order valence-electron chi connectivity index (χ3n) is 4.81. The van der Waals surface area contributed by atoms with Crippen molar-refractivity contribution >= 4 is 6.29 Å². The minimum atomic E-state index is 0.511. The van der Waals surface area contributed by atoms with Crippen molar-refractivity contribution < 1.29 is 4.79 Å². The molecule has 1 heteroatoms. The molecule has 1 unspecified atom stereocenters. The van der Waals surface area contributed by atoms with E-state index in [2.05, 4.69) is 65.8 Å². The first kappa shape index (κ1) is 24.6. The fourth-order valence-corrected chi connectivity index (χ4v) is 2.88. The Labute approximate surface area is 163 Å². The van der Waals surface area contributed by atoms with Gasteiger partial charge in [-0.2, -0.15) is 0 Å². The van der Waals surface area contributed by atoms with Gasteiger partial charge in [0.25, 0.3) is 0 Å². The molecule has 0 aliphatic carbocycles. The van der Waals surface area contributed by atoms with Crippen LogP contribution in [0.15, 0.2) is 46.6 Å². The molecule has 0 saturated carbocycles. The lowest BCUT2D eigenvalue weighted by Crippen LogP contribution is -1.94. The van der Waals surface area contributed by atoms with Gasteiger partial charge in [0.15, 0.2) is 0 Å². The lowest BCUT2D eigenvalue weighted by atomic mass is 10.0. The average molecular weight is 359 g/mol. The Bertz CT molecular complexity index is 498. The summed E-state index contributed by atoms with van der Waals surface area (Å²) < 4.78 is 0. The zero-order valence-electron chi connectivity index (χ0n) is 18.2. The zero-order valence-corrected chi connectivity index (χ0v) is 18.2. The first-order valence-corrected chi connectivity index (χ1v) is 10.4. The van der Waals surface area contributed by atoms with Crippen LogP contribution in [0.2, 0.25) is 0 Å². The summed E-state index contributed by atoms with van der Waals surface area (Å²) in [5.74, 6) is 0.511. The highest BCUT2D eigenvalue weighted by Crippen LogP contribution is 2.15. The first-order valence-electron chi connectivity index (χ1n) is 10.4. The van der Waals surface area contributed by atoms with Gasteiger partial charge in [0.1, 0.15) is 6.29 Å². The van der Waals surface area contributed by atoms with Gasteiger partial charge in [0, 0.05) is 6.42 Å². The molecule has 0 aromatic rings. The summed E-state index contributed by atoms with van der Waals surface area (Å²) in [6, 6.07) is 0. The van der Waals surface area contributed by atoms with Gasteiger partial charge in [-0.15, -0.1) is 0 Å². The molecule has 0 bridgehead atoms. The van der Waals surface area contributed by atoms with Gasteiger partial charge in [0.2, 0.25) is 0 Å². The molecule has 1 nitrogen and oxygen atoms in total. The van der Waals surface area contributed by atoms with Gasteiger partial charge in [-0.05, 0) is 91.9 Å². The highest BCUT2D eigenvalue weighted by Gasteiger charge is 1.99. The Morgan fingerprint density at radius 3 is 1.54 bits per heavy atom. The van der Waals surface area contributed by atoms with Crippen molar-refractivity contribution in [3.8, 4) is 0 Å². The van der Waals surface area contributed by atoms with E-state index in [4.69, 9.17) is 0 Å². The van der Waals surface area contributed by atoms with E-state index in [1.165, 1.54) is 41.6 Å². The van der Waals surface area contributed by atoms with Crippen molar-refractivity contribution in [1.29, 1.82) is 0 Å². The van der Waals surface area contributed by atoms with Crippen LogP contribution < -0.4 is 0 Å². The smallest absolute Gasteiger partial charge is 0.120 e. The Morgan fingerprint density at radius 2 is 1.12 bits per heavy atom. The van der Waals surface area contributed by atoms with Crippen LogP contribution in [0, 0.1) is 5.92 Å². The van der Waals surface area contributed by atoms with Gasteiger partial charge in [-0.1, -0.05) is 53.5 Å². The number of allylic oxidation sites excluding steroid dienone is 8. The molecule has 0 rings (SSSR count). The third kappa shape index (κ3) is 16.1. The van der Waals surface area contributed by atoms with Crippen LogP contribution >= 0.6 is 0 Å². The average Bonchev–Trinajstić information content (AvgIpc) is 2.54. The highest BCUT2D eigenvalue weighted by atomic mass is 16.1. The fraction of sp³-hybridized carbons (Fsp3) is 0.640. The first-order chi connectivity index (χ1) is 12.3. The molecule has 0 aromatic carbocycles. The minimum absolute atomic E-state index is 0.511. The van der Waals surface area contributed by atoms with Crippen molar-refractivity contribution in [3.63, 3.8) is 0 Å². The van der Waals surface area contributed by atoms with Gasteiger partial charge in [0.05, 0.1) is 0 Å². The predicted octanol–water partition coefficient (Wildman–Crippen LogP) is 8.14. The third-order valence-corrected chi connectivity index (χ3v) is 4.81. The zero-order chi connectivity index (χ0) is 19.8. The van der Waals surface area contributed by atoms with Crippen LogP contribution in [0.1, 0.15) is 99.3 Å². The highest BCUT2D eigenvalue weighted by molar-refractivity contribution is 5.49. The second-order valence-corrected chi connectivity index (χ2v) is 8.13. The molecule has 0 aliphatic rings. The maximum atomic E-state index is 10.5. The minimum Gasteiger partial charge on any atom is -0.303 e. The number of hydrogen-bond donors (Lipinski definition) is 0. The van der Waals surface area contributed by atoms with Crippen LogP contribution in [0.5, 0.6) is 0 Å². The number of aldehydes is 1. The summed E-state index contributed by atoms with van der Waals surface area (Å²) >= 11 is 0. The van der Waals surface area contributed by atoms with E-state index in [0.717, 1.165) is 38.4 Å². The number of rotatable bonds is 14. The Hall–Kier alpha value is -1.37. The fourth-order valence-electron chi connectivity index (χ4n) is 2.88. The van der Waals surface area contributed by atoms with Crippen molar-refractivity contribution in [2.75, 3.05) is 0 Å². The van der Waals surface area contributed by atoms with Crippen molar-refractivity contribution in [3.05, 3.63) is 46.6 Å². The summed E-state index contributed by atoms with van der Waals surface area (Å²) in [6.07, 6.45) is 20.4. The van der Waals surface area contributed by atoms with E-state index in [0.29, 0.717) is 12.3 Å². The van der Waals surface area contributed by atoms with Gasteiger partial charge >= 0.3 is 0 Å². The topological polar surface area (TPSA) is 17.1 Å². The molecule has 26 heavy (non-hydrogen) atoms. The van der Waals surface area contributed by atoms with Crippen molar-refractivity contribution in [1.82, 2.24) is 0 Å². The van der Waals surface area contributed by atoms with Crippen molar-refractivity contribution in [2.45, 2.75) is 99.3 Å². The molecule has 0 heterocycles. The summed E-state index contributed by atoms with van der Waals surface area (Å²) in [4.78, 5) is 10.5. The van der Waals surface area contributed by atoms with Crippen LogP contribution in [-0.2, 0) is 4.79 Å². The van der Waals surface area contributed by atoms with E-state index in [1.807, 2.05) is 0 Å². The summed E-state index contributed by atoms with van der Waals surface area (Å²) in [7, 11) is 0. The van der Waals surface area contributed by atoms with Crippen LogP contribution in [-0.4, -0.2) is 6.29 Å². The monoisotopic (exact) mass is 358 g/mol. The molecule has 1 atom stereocenters. The molecule has 0 amide bonds. The largest absolute Gasteiger partial charge is 0.303 e. The van der Waals surface area contributed by atoms with E-state index >= 15 is 0 Å². The molecule has 0 aliphatic heterocycles. The second kappa shape index (κ2) is 15.9. The lowest BCUT2D eigenvalue weighted by Gasteiger charge is -2.05. The predicted molar refractivity (Wildman–Crippen MR) is 117 cm³/mol. The van der Waals surface area contributed by atoms with Gasteiger partial charge < -0.3 is 4.79 Å². The van der Waals surface area contributed by atoms with E-state index in [-0.39, 0.29) is 0 Å². The Balaban J connectivity index is 3.99. The number of carbonyl (C=O) groups excluding carboxylic acids is 1. The SMILES string of the molecule is CC(C)=CCC/C(C)=C/CC/C(C)=C/CC/C(C)=C/CCC(C)CC=O. The van der Waals surface area contributed by atoms with Crippen LogP contribution in [0.4, 0.5) is 0 Å².